The fourth-order valence-electron chi connectivity index (χ4n) is 3.27. The first-order chi connectivity index (χ1) is 13.6. The number of carbonyl (C=O) groups is 1. The van der Waals surface area contributed by atoms with E-state index in [2.05, 4.69) is 20.4 Å². The standard InChI is InChI=1S/C21H21N5O2/c1-14(11-16-7-9-22-10-8-16)23-21(27)19-12-17(28-25-19)13-26-15(2)24-18-5-3-4-6-20(18)26/h3-10,12,14H,11,13H2,1-2H3,(H,23,27)/t14-/m0/s1. The van der Waals surface area contributed by atoms with Crippen LogP contribution in [-0.4, -0.2) is 31.6 Å². The SMILES string of the molecule is Cc1nc2ccccc2n1Cc1cc(C(=O)N[C@@H](C)Cc2ccncc2)no1. The zero-order valence-electron chi connectivity index (χ0n) is 15.8. The van der Waals surface area contributed by atoms with Crippen molar-refractivity contribution in [2.45, 2.75) is 32.9 Å². The van der Waals surface area contributed by atoms with Gasteiger partial charge in [0.15, 0.2) is 11.5 Å². The van der Waals surface area contributed by atoms with Crippen molar-refractivity contribution in [3.05, 3.63) is 77.7 Å². The van der Waals surface area contributed by atoms with Crippen LogP contribution in [0.25, 0.3) is 11.0 Å². The Balaban J connectivity index is 1.43. The van der Waals surface area contributed by atoms with Gasteiger partial charge in [0.05, 0.1) is 17.6 Å². The van der Waals surface area contributed by atoms with Gasteiger partial charge in [-0.15, -0.1) is 0 Å². The molecule has 7 heteroatoms. The average Bonchev–Trinajstić information content (AvgIpc) is 3.28. The molecule has 0 unspecified atom stereocenters. The van der Waals surface area contributed by atoms with E-state index < -0.39 is 0 Å². The minimum absolute atomic E-state index is 0.0325. The van der Waals surface area contributed by atoms with Crippen LogP contribution in [0.2, 0.25) is 0 Å². The summed E-state index contributed by atoms with van der Waals surface area (Å²) in [5, 5.41) is 6.89. The van der Waals surface area contributed by atoms with E-state index in [0.29, 0.717) is 12.3 Å². The van der Waals surface area contributed by atoms with E-state index in [4.69, 9.17) is 4.52 Å². The van der Waals surface area contributed by atoms with Crippen molar-refractivity contribution in [1.29, 1.82) is 0 Å². The number of aromatic nitrogens is 4. The molecule has 142 valence electrons. The van der Waals surface area contributed by atoms with Gasteiger partial charge in [-0.05, 0) is 50.1 Å². The van der Waals surface area contributed by atoms with Crippen molar-refractivity contribution in [3.8, 4) is 0 Å². The van der Waals surface area contributed by atoms with Gasteiger partial charge in [-0.25, -0.2) is 4.98 Å². The van der Waals surface area contributed by atoms with Crippen molar-refractivity contribution in [1.82, 2.24) is 25.0 Å². The third-order valence-corrected chi connectivity index (χ3v) is 4.62. The van der Waals surface area contributed by atoms with Crippen LogP contribution >= 0.6 is 0 Å². The Morgan fingerprint density at radius 3 is 2.82 bits per heavy atom. The highest BCUT2D eigenvalue weighted by Crippen LogP contribution is 2.18. The fraction of sp³-hybridized carbons (Fsp3) is 0.238. The van der Waals surface area contributed by atoms with E-state index >= 15 is 0 Å². The Labute approximate surface area is 162 Å². The Morgan fingerprint density at radius 1 is 1.21 bits per heavy atom. The lowest BCUT2D eigenvalue weighted by molar-refractivity contribution is 0.0931. The van der Waals surface area contributed by atoms with Crippen molar-refractivity contribution in [3.63, 3.8) is 0 Å². The van der Waals surface area contributed by atoms with E-state index in [0.717, 1.165) is 28.8 Å². The van der Waals surface area contributed by atoms with Crippen LogP contribution in [0.3, 0.4) is 0 Å². The highest BCUT2D eigenvalue weighted by Gasteiger charge is 2.16. The minimum Gasteiger partial charge on any atom is -0.359 e. The zero-order valence-corrected chi connectivity index (χ0v) is 15.8. The predicted octanol–water partition coefficient (Wildman–Crippen LogP) is 3.14. The molecule has 4 rings (SSSR count). The second kappa shape index (κ2) is 7.64. The molecule has 1 amide bonds. The number of pyridine rings is 1. The van der Waals surface area contributed by atoms with Gasteiger partial charge in [0.25, 0.3) is 5.91 Å². The number of hydrogen-bond donors (Lipinski definition) is 1. The maximum atomic E-state index is 12.5. The van der Waals surface area contributed by atoms with Gasteiger partial charge >= 0.3 is 0 Å². The first-order valence-corrected chi connectivity index (χ1v) is 9.17. The first kappa shape index (κ1) is 17.9. The topological polar surface area (TPSA) is 85.8 Å². The number of nitrogens with zero attached hydrogens (tertiary/aromatic N) is 4. The van der Waals surface area contributed by atoms with Crippen LogP contribution < -0.4 is 5.32 Å². The molecule has 0 aliphatic heterocycles. The molecule has 7 nitrogen and oxygen atoms in total. The van der Waals surface area contributed by atoms with Gasteiger partial charge < -0.3 is 14.4 Å². The minimum atomic E-state index is -0.247. The van der Waals surface area contributed by atoms with E-state index in [1.54, 1.807) is 18.5 Å². The van der Waals surface area contributed by atoms with Gasteiger partial charge in [0.2, 0.25) is 0 Å². The average molecular weight is 375 g/mol. The Morgan fingerprint density at radius 2 is 2.00 bits per heavy atom. The molecule has 0 saturated carbocycles. The van der Waals surface area contributed by atoms with Crippen LogP contribution in [0.4, 0.5) is 0 Å². The molecule has 4 aromatic rings. The summed E-state index contributed by atoms with van der Waals surface area (Å²) in [6, 6.07) is 13.5. The highest BCUT2D eigenvalue weighted by molar-refractivity contribution is 5.92. The lowest BCUT2D eigenvalue weighted by Gasteiger charge is -2.12. The summed E-state index contributed by atoms with van der Waals surface area (Å²) in [6.07, 6.45) is 4.21. The number of aryl methyl sites for hydroxylation is 1. The molecule has 0 aliphatic rings. The van der Waals surface area contributed by atoms with Crippen LogP contribution in [0.15, 0.2) is 59.4 Å². The van der Waals surface area contributed by atoms with E-state index in [1.807, 2.05) is 54.8 Å². The van der Waals surface area contributed by atoms with E-state index in [-0.39, 0.29) is 17.6 Å². The summed E-state index contributed by atoms with van der Waals surface area (Å²) < 4.78 is 7.44. The van der Waals surface area contributed by atoms with E-state index in [1.165, 1.54) is 0 Å². The summed E-state index contributed by atoms with van der Waals surface area (Å²) in [4.78, 5) is 21.0. The molecule has 1 aromatic carbocycles. The first-order valence-electron chi connectivity index (χ1n) is 9.17. The highest BCUT2D eigenvalue weighted by atomic mass is 16.5. The maximum Gasteiger partial charge on any atom is 0.273 e. The number of nitrogens with one attached hydrogen (secondary N) is 1. The number of amides is 1. The number of fused-ring (bicyclic) bond motifs is 1. The second-order valence-corrected chi connectivity index (χ2v) is 6.85. The van der Waals surface area contributed by atoms with Crippen LogP contribution in [0.5, 0.6) is 0 Å². The lowest BCUT2D eigenvalue weighted by Crippen LogP contribution is -2.34. The quantitative estimate of drug-likeness (QED) is 0.559. The normalized spacial score (nSPS) is 12.2. The molecule has 0 fully saturated rings. The Bertz CT molecular complexity index is 1100. The molecule has 0 aliphatic carbocycles. The third kappa shape index (κ3) is 3.78. The molecule has 3 heterocycles. The van der Waals surface area contributed by atoms with Crippen molar-refractivity contribution >= 4 is 16.9 Å². The van der Waals surface area contributed by atoms with Gasteiger partial charge in [-0.3, -0.25) is 9.78 Å². The summed E-state index contributed by atoms with van der Waals surface area (Å²) in [7, 11) is 0. The van der Waals surface area contributed by atoms with Crippen LogP contribution in [-0.2, 0) is 13.0 Å². The molecule has 3 aromatic heterocycles. The largest absolute Gasteiger partial charge is 0.359 e. The monoisotopic (exact) mass is 375 g/mol. The lowest BCUT2D eigenvalue weighted by atomic mass is 10.1. The summed E-state index contributed by atoms with van der Waals surface area (Å²) in [6.45, 7) is 4.38. The number of para-hydroxylation sites is 2. The molecular formula is C21H21N5O2. The number of rotatable bonds is 6. The Hall–Kier alpha value is -3.48. The molecule has 1 atom stereocenters. The van der Waals surface area contributed by atoms with Gasteiger partial charge in [-0.2, -0.15) is 0 Å². The van der Waals surface area contributed by atoms with Crippen molar-refractivity contribution < 1.29 is 9.32 Å². The number of benzene rings is 1. The predicted molar refractivity (Wildman–Crippen MR) is 105 cm³/mol. The smallest absolute Gasteiger partial charge is 0.273 e. The van der Waals surface area contributed by atoms with Gasteiger partial charge in [0.1, 0.15) is 5.82 Å². The van der Waals surface area contributed by atoms with Crippen molar-refractivity contribution in [2.24, 2.45) is 0 Å². The molecule has 0 spiro atoms. The third-order valence-electron chi connectivity index (χ3n) is 4.62. The number of imidazole rings is 1. The van der Waals surface area contributed by atoms with E-state index in [9.17, 15) is 4.79 Å². The second-order valence-electron chi connectivity index (χ2n) is 6.85. The van der Waals surface area contributed by atoms with Crippen molar-refractivity contribution in [2.75, 3.05) is 0 Å². The number of hydrogen-bond acceptors (Lipinski definition) is 5. The molecule has 0 saturated heterocycles. The maximum absolute atomic E-state index is 12.5. The molecule has 0 bridgehead atoms. The number of carbonyl (C=O) groups excluding carboxylic acids is 1. The Kier molecular flexibility index (Phi) is 4.89. The van der Waals surface area contributed by atoms with Gasteiger partial charge in [0, 0.05) is 24.5 Å². The molecule has 1 N–H and O–H groups in total. The molecular weight excluding hydrogens is 354 g/mol. The molecule has 0 radical (unpaired) electrons. The summed E-state index contributed by atoms with van der Waals surface area (Å²) >= 11 is 0. The fourth-order valence-corrected chi connectivity index (χ4v) is 3.27. The summed E-state index contributed by atoms with van der Waals surface area (Å²) in [5.41, 5.74) is 3.35. The molecule has 28 heavy (non-hydrogen) atoms. The summed E-state index contributed by atoms with van der Waals surface area (Å²) in [5.74, 6) is 1.25. The van der Waals surface area contributed by atoms with Gasteiger partial charge in [-0.1, -0.05) is 17.3 Å². The van der Waals surface area contributed by atoms with Crippen LogP contribution in [0, 0.1) is 6.92 Å². The van der Waals surface area contributed by atoms with Crippen LogP contribution in [0.1, 0.15) is 34.6 Å². The zero-order chi connectivity index (χ0) is 19.5.